The summed E-state index contributed by atoms with van der Waals surface area (Å²) in [5.41, 5.74) is 1.46. The third-order valence-corrected chi connectivity index (χ3v) is 9.43. The first-order valence-corrected chi connectivity index (χ1v) is 14.0. The van der Waals surface area contributed by atoms with E-state index in [2.05, 4.69) is 28.0 Å². The molecule has 0 radical (unpaired) electrons. The van der Waals surface area contributed by atoms with Crippen molar-refractivity contribution in [3.63, 3.8) is 0 Å². The lowest BCUT2D eigenvalue weighted by molar-refractivity contribution is -0.384. The molecule has 206 valence electrons. The van der Waals surface area contributed by atoms with Gasteiger partial charge in [0.15, 0.2) is 0 Å². The predicted molar refractivity (Wildman–Crippen MR) is 149 cm³/mol. The predicted octanol–water partition coefficient (Wildman–Crippen LogP) is 4.98. The molecule has 3 atom stereocenters. The van der Waals surface area contributed by atoms with Crippen molar-refractivity contribution in [2.75, 3.05) is 44.7 Å². The van der Waals surface area contributed by atoms with Crippen LogP contribution in [0.2, 0.25) is 0 Å². The number of nitro benzene ring substituents is 1. The smallest absolute Gasteiger partial charge is 0.407 e. The number of rotatable bonds is 8. The molecule has 9 heteroatoms. The molecule has 2 aromatic rings. The Bertz CT molecular complexity index is 1200. The highest BCUT2D eigenvalue weighted by Crippen LogP contribution is 2.51. The summed E-state index contributed by atoms with van der Waals surface area (Å²) < 4.78 is 0. The van der Waals surface area contributed by atoms with Crippen LogP contribution >= 0.6 is 0 Å². The van der Waals surface area contributed by atoms with Crippen molar-refractivity contribution in [3.05, 3.63) is 70.3 Å². The van der Waals surface area contributed by atoms with Crippen molar-refractivity contribution in [1.29, 1.82) is 5.26 Å². The van der Waals surface area contributed by atoms with Crippen LogP contribution in [0.25, 0.3) is 0 Å². The third kappa shape index (κ3) is 5.18. The highest BCUT2D eigenvalue weighted by Gasteiger charge is 2.53. The van der Waals surface area contributed by atoms with Crippen molar-refractivity contribution in [2.45, 2.75) is 43.6 Å². The molecule has 9 nitrogen and oxygen atoms in total. The van der Waals surface area contributed by atoms with Gasteiger partial charge < -0.3 is 19.8 Å². The van der Waals surface area contributed by atoms with Gasteiger partial charge in [0.05, 0.1) is 16.4 Å². The van der Waals surface area contributed by atoms with E-state index >= 15 is 0 Å². The number of non-ortho nitro benzene ring substituents is 1. The minimum Gasteiger partial charge on any atom is -0.465 e. The maximum atomic E-state index is 11.9. The molecule has 3 aliphatic rings. The molecule has 39 heavy (non-hydrogen) atoms. The Balaban J connectivity index is 1.24. The van der Waals surface area contributed by atoms with Crippen molar-refractivity contribution in [3.8, 4) is 6.07 Å². The largest absolute Gasteiger partial charge is 0.465 e. The van der Waals surface area contributed by atoms with Crippen LogP contribution in [0.3, 0.4) is 0 Å². The van der Waals surface area contributed by atoms with Crippen molar-refractivity contribution in [1.82, 2.24) is 9.80 Å². The zero-order chi connectivity index (χ0) is 27.6. The second kappa shape index (κ2) is 11.2. The van der Waals surface area contributed by atoms with E-state index in [9.17, 15) is 25.3 Å². The topological polar surface area (TPSA) is 114 Å². The molecule has 0 spiro atoms. The van der Waals surface area contributed by atoms with Gasteiger partial charge in [-0.05, 0) is 62.4 Å². The zero-order valence-electron chi connectivity index (χ0n) is 22.5. The summed E-state index contributed by atoms with van der Waals surface area (Å²) in [6.07, 6.45) is 3.52. The summed E-state index contributed by atoms with van der Waals surface area (Å²) in [5, 5.41) is 31.5. The first-order valence-electron chi connectivity index (χ1n) is 14.0. The van der Waals surface area contributed by atoms with Crippen LogP contribution in [0, 0.1) is 39.2 Å². The molecule has 1 N–H and O–H groups in total. The van der Waals surface area contributed by atoms with Crippen LogP contribution < -0.4 is 4.90 Å². The molecule has 2 aliphatic heterocycles. The van der Waals surface area contributed by atoms with Gasteiger partial charge in [0, 0.05) is 62.4 Å². The van der Waals surface area contributed by atoms with Gasteiger partial charge in [-0.25, -0.2) is 4.79 Å². The van der Waals surface area contributed by atoms with Gasteiger partial charge in [-0.2, -0.15) is 5.26 Å². The van der Waals surface area contributed by atoms with Gasteiger partial charge in [0.2, 0.25) is 0 Å². The van der Waals surface area contributed by atoms with Gasteiger partial charge in [0.25, 0.3) is 5.69 Å². The first-order chi connectivity index (χ1) is 18.8. The van der Waals surface area contributed by atoms with Gasteiger partial charge in [-0.1, -0.05) is 36.8 Å². The highest BCUT2D eigenvalue weighted by atomic mass is 16.6. The molecular weight excluding hydrogens is 494 g/mol. The number of nitriles is 1. The van der Waals surface area contributed by atoms with E-state index in [1.807, 2.05) is 30.3 Å². The number of anilines is 1. The molecule has 0 aromatic heterocycles. The van der Waals surface area contributed by atoms with Crippen molar-refractivity contribution in [2.24, 2.45) is 17.8 Å². The fourth-order valence-corrected chi connectivity index (χ4v) is 7.40. The second-order valence-corrected chi connectivity index (χ2v) is 11.5. The van der Waals surface area contributed by atoms with E-state index in [-0.39, 0.29) is 28.5 Å². The Morgan fingerprint density at radius 2 is 1.77 bits per heavy atom. The molecule has 0 bridgehead atoms. The maximum absolute atomic E-state index is 11.9. The summed E-state index contributed by atoms with van der Waals surface area (Å²) in [7, 11) is 1.65. The van der Waals surface area contributed by atoms with Crippen LogP contribution in [0.5, 0.6) is 0 Å². The lowest BCUT2D eigenvalue weighted by Crippen LogP contribution is -2.55. The molecule has 1 saturated carbocycles. The highest BCUT2D eigenvalue weighted by molar-refractivity contribution is 5.65. The van der Waals surface area contributed by atoms with Gasteiger partial charge in [-0.3, -0.25) is 10.1 Å². The molecule has 5 rings (SSSR count). The van der Waals surface area contributed by atoms with Crippen LogP contribution in [0.4, 0.5) is 16.2 Å². The fourth-order valence-electron chi connectivity index (χ4n) is 7.40. The molecule has 3 fully saturated rings. The maximum Gasteiger partial charge on any atom is 0.407 e. The number of carbonyl (C=O) groups is 1. The van der Waals surface area contributed by atoms with Gasteiger partial charge in [-0.15, -0.1) is 0 Å². The second-order valence-electron chi connectivity index (χ2n) is 11.5. The summed E-state index contributed by atoms with van der Waals surface area (Å²) in [6, 6.07) is 19.5. The number of likely N-dealkylation sites (tertiary alicyclic amines) is 1. The lowest BCUT2D eigenvalue weighted by Gasteiger charge is -2.48. The van der Waals surface area contributed by atoms with E-state index in [4.69, 9.17) is 0 Å². The average molecular weight is 532 g/mol. The SMILES string of the molecule is CN(C(=O)O)[C@H]1CCC[C@@H]1C(C#N)(c1ccccc1)C1CCN(CC2CN(c3ccc([N+](=O)[O-])cc3)C2)CC1. The monoisotopic (exact) mass is 531 g/mol. The molecule has 2 aromatic carbocycles. The Morgan fingerprint density at radius 3 is 2.36 bits per heavy atom. The van der Waals surface area contributed by atoms with Crippen LogP contribution in [-0.4, -0.2) is 71.7 Å². The van der Waals surface area contributed by atoms with E-state index in [1.54, 1.807) is 19.2 Å². The summed E-state index contributed by atoms with van der Waals surface area (Å²) >= 11 is 0. The first kappa shape index (κ1) is 26.9. The number of hydrogen-bond acceptors (Lipinski definition) is 6. The normalized spacial score (nSPS) is 23.9. The zero-order valence-corrected chi connectivity index (χ0v) is 22.5. The number of benzene rings is 2. The van der Waals surface area contributed by atoms with E-state index in [0.29, 0.717) is 5.92 Å². The summed E-state index contributed by atoms with van der Waals surface area (Å²) in [5.74, 6) is 0.700. The molecule has 1 unspecified atom stereocenters. The third-order valence-electron chi connectivity index (χ3n) is 9.43. The number of nitro groups is 1. The number of hydrogen-bond donors (Lipinski definition) is 1. The van der Waals surface area contributed by atoms with Crippen LogP contribution in [0.15, 0.2) is 54.6 Å². The Labute approximate surface area is 229 Å². The number of carboxylic acid groups (broad SMARTS) is 1. The fraction of sp³-hybridized carbons (Fsp3) is 0.533. The van der Waals surface area contributed by atoms with E-state index in [1.165, 1.54) is 4.90 Å². The van der Waals surface area contributed by atoms with Crippen LogP contribution in [0.1, 0.15) is 37.7 Å². The Hall–Kier alpha value is -3.64. The van der Waals surface area contributed by atoms with E-state index in [0.717, 1.165) is 76.1 Å². The van der Waals surface area contributed by atoms with Gasteiger partial charge in [0.1, 0.15) is 0 Å². The number of piperidine rings is 1. The summed E-state index contributed by atoms with van der Waals surface area (Å²) in [4.78, 5) is 28.7. The number of nitrogens with zero attached hydrogens (tertiary/aromatic N) is 5. The van der Waals surface area contributed by atoms with Gasteiger partial charge >= 0.3 is 6.09 Å². The quantitative estimate of drug-likeness (QED) is 0.377. The van der Waals surface area contributed by atoms with Crippen LogP contribution in [-0.2, 0) is 5.41 Å². The molecule has 1 amide bonds. The van der Waals surface area contributed by atoms with E-state index < -0.39 is 11.5 Å². The standard InChI is InChI=1S/C30H37N5O4/c1-32(29(36)37)28-9-5-8-27(28)30(21-31,23-6-3-2-4-7-23)24-14-16-33(17-15-24)18-22-19-34(20-22)25-10-12-26(13-11-25)35(38)39/h2-4,6-7,10-13,22,24,27-28H,5,8-9,14-20H2,1H3,(H,36,37)/t27-,28-,30?/m0/s1. The Morgan fingerprint density at radius 1 is 1.10 bits per heavy atom. The average Bonchev–Trinajstić information content (AvgIpc) is 3.42. The van der Waals surface area contributed by atoms with Crippen molar-refractivity contribution >= 4 is 17.5 Å². The number of amides is 1. The molecular formula is C30H37N5O4. The molecule has 2 heterocycles. The minimum absolute atomic E-state index is 0.0237. The molecule has 2 saturated heterocycles. The lowest BCUT2D eigenvalue weighted by atomic mass is 9.59. The molecule has 1 aliphatic carbocycles. The van der Waals surface area contributed by atoms with Crippen molar-refractivity contribution < 1.29 is 14.8 Å². The minimum atomic E-state index is -0.926. The summed E-state index contributed by atoms with van der Waals surface area (Å²) in [6.45, 7) is 4.75. The Kier molecular flexibility index (Phi) is 7.76.